The van der Waals surface area contributed by atoms with Gasteiger partial charge >= 0.3 is 11.9 Å². The second-order valence-electron chi connectivity index (χ2n) is 3.77. The lowest BCUT2D eigenvalue weighted by Gasteiger charge is -2.14. The summed E-state index contributed by atoms with van der Waals surface area (Å²) in [7, 11) is 1.12. The number of aliphatic carboxylic acids is 1. The zero-order valence-electron chi connectivity index (χ0n) is 10.4. The van der Waals surface area contributed by atoms with Crippen molar-refractivity contribution >= 4 is 41.0 Å². The molecule has 0 heterocycles. The molecule has 108 valence electrons. The van der Waals surface area contributed by atoms with Crippen LogP contribution in [0.5, 0.6) is 0 Å². The number of carbonyl (C=O) groups excluding carboxylic acids is 2. The molecule has 0 aliphatic rings. The van der Waals surface area contributed by atoms with Crippen LogP contribution in [-0.2, 0) is 14.3 Å². The van der Waals surface area contributed by atoms with Gasteiger partial charge in [-0.05, 0) is 18.2 Å². The van der Waals surface area contributed by atoms with Crippen molar-refractivity contribution in [3.05, 3.63) is 33.8 Å². The van der Waals surface area contributed by atoms with Crippen LogP contribution in [0.2, 0.25) is 10.0 Å². The molecule has 0 saturated carbocycles. The molecule has 0 aliphatic heterocycles. The molecule has 1 amide bonds. The lowest BCUT2D eigenvalue weighted by atomic mass is 10.1. The number of benzene rings is 1. The minimum absolute atomic E-state index is 0.0622. The van der Waals surface area contributed by atoms with Gasteiger partial charge < -0.3 is 15.2 Å². The molecule has 0 aromatic heterocycles. The van der Waals surface area contributed by atoms with Crippen LogP contribution < -0.4 is 5.32 Å². The third kappa shape index (κ3) is 4.40. The minimum Gasteiger partial charge on any atom is -0.480 e. The van der Waals surface area contributed by atoms with Crippen LogP contribution in [0.1, 0.15) is 16.8 Å². The average molecular weight is 320 g/mol. The highest BCUT2D eigenvalue weighted by Gasteiger charge is 2.25. The van der Waals surface area contributed by atoms with Crippen LogP contribution in [0.3, 0.4) is 0 Å². The third-order valence-corrected chi connectivity index (χ3v) is 2.93. The summed E-state index contributed by atoms with van der Waals surface area (Å²) in [5, 5.41) is 11.6. The largest absolute Gasteiger partial charge is 0.480 e. The Morgan fingerprint density at radius 2 is 2.00 bits per heavy atom. The number of methoxy groups -OCH3 is 1. The van der Waals surface area contributed by atoms with Crippen molar-refractivity contribution in [1.29, 1.82) is 0 Å². The van der Waals surface area contributed by atoms with Crippen LogP contribution in [0.4, 0.5) is 0 Å². The Morgan fingerprint density at radius 3 is 2.50 bits per heavy atom. The fourth-order valence-corrected chi connectivity index (χ4v) is 1.85. The van der Waals surface area contributed by atoms with Gasteiger partial charge in [-0.3, -0.25) is 9.59 Å². The lowest BCUT2D eigenvalue weighted by molar-refractivity contribution is -0.147. The first-order valence-electron chi connectivity index (χ1n) is 5.40. The van der Waals surface area contributed by atoms with Crippen molar-refractivity contribution in [1.82, 2.24) is 5.32 Å². The number of halogens is 2. The maximum atomic E-state index is 11.9. The fourth-order valence-electron chi connectivity index (χ4n) is 1.36. The average Bonchev–Trinajstić information content (AvgIpc) is 2.37. The molecule has 0 bridgehead atoms. The highest BCUT2D eigenvalue weighted by atomic mass is 35.5. The Bertz CT molecular complexity index is 547. The van der Waals surface area contributed by atoms with Crippen LogP contribution in [-0.4, -0.2) is 36.1 Å². The zero-order valence-corrected chi connectivity index (χ0v) is 11.9. The first-order valence-corrected chi connectivity index (χ1v) is 6.16. The van der Waals surface area contributed by atoms with E-state index in [0.717, 1.165) is 7.11 Å². The Labute approximate surface area is 124 Å². The van der Waals surface area contributed by atoms with E-state index in [1.807, 2.05) is 0 Å². The van der Waals surface area contributed by atoms with Gasteiger partial charge in [-0.1, -0.05) is 23.2 Å². The summed E-state index contributed by atoms with van der Waals surface area (Å²) in [6.45, 7) is 0. The van der Waals surface area contributed by atoms with Crippen LogP contribution in [0.15, 0.2) is 18.2 Å². The number of hydrogen-bond acceptors (Lipinski definition) is 4. The molecule has 0 radical (unpaired) electrons. The van der Waals surface area contributed by atoms with Gasteiger partial charge in [-0.2, -0.15) is 0 Å². The second kappa shape index (κ2) is 7.12. The van der Waals surface area contributed by atoms with E-state index in [-0.39, 0.29) is 10.6 Å². The van der Waals surface area contributed by atoms with E-state index in [9.17, 15) is 14.4 Å². The summed E-state index contributed by atoms with van der Waals surface area (Å²) < 4.78 is 4.36. The van der Waals surface area contributed by atoms with E-state index in [4.69, 9.17) is 28.3 Å². The molecular weight excluding hydrogens is 309 g/mol. The molecular formula is C12H11Cl2NO5. The van der Waals surface area contributed by atoms with E-state index < -0.39 is 30.3 Å². The first-order chi connectivity index (χ1) is 9.35. The molecule has 1 aromatic carbocycles. The molecule has 20 heavy (non-hydrogen) atoms. The standard InChI is InChI=1S/C12H11Cl2NO5/c1-20-10(16)5-9(12(18)19)15-11(17)7-3-2-6(13)4-8(7)14/h2-4,9H,5H2,1H3,(H,15,17)(H,18,19)/t9-/m0/s1. The summed E-state index contributed by atoms with van der Waals surface area (Å²) in [5.41, 5.74) is 0.0622. The number of hydrogen-bond donors (Lipinski definition) is 2. The minimum atomic E-state index is -1.40. The van der Waals surface area contributed by atoms with E-state index in [0.29, 0.717) is 5.02 Å². The highest BCUT2D eigenvalue weighted by Crippen LogP contribution is 2.21. The summed E-state index contributed by atoms with van der Waals surface area (Å²) in [4.78, 5) is 34.0. The number of amides is 1. The smallest absolute Gasteiger partial charge is 0.326 e. The van der Waals surface area contributed by atoms with Crippen molar-refractivity contribution in [3.63, 3.8) is 0 Å². The van der Waals surface area contributed by atoms with E-state index in [1.165, 1.54) is 18.2 Å². The summed E-state index contributed by atoms with van der Waals surface area (Å²) in [6, 6.07) is 2.76. The van der Waals surface area contributed by atoms with Gasteiger partial charge in [0.25, 0.3) is 5.91 Å². The Kier molecular flexibility index (Phi) is 5.79. The van der Waals surface area contributed by atoms with Crippen LogP contribution in [0, 0.1) is 0 Å². The Morgan fingerprint density at radius 1 is 1.35 bits per heavy atom. The van der Waals surface area contributed by atoms with E-state index in [1.54, 1.807) is 0 Å². The van der Waals surface area contributed by atoms with Crippen molar-refractivity contribution in [3.8, 4) is 0 Å². The maximum Gasteiger partial charge on any atom is 0.326 e. The molecule has 1 rings (SSSR count). The van der Waals surface area contributed by atoms with E-state index >= 15 is 0 Å². The van der Waals surface area contributed by atoms with Gasteiger partial charge in [0.2, 0.25) is 0 Å². The van der Waals surface area contributed by atoms with Crippen molar-refractivity contribution in [2.45, 2.75) is 12.5 Å². The number of carboxylic acids is 1. The number of nitrogens with one attached hydrogen (secondary N) is 1. The second-order valence-corrected chi connectivity index (χ2v) is 4.61. The van der Waals surface area contributed by atoms with E-state index in [2.05, 4.69) is 10.1 Å². The van der Waals surface area contributed by atoms with Crippen LogP contribution in [0.25, 0.3) is 0 Å². The number of ether oxygens (including phenoxy) is 1. The number of carboxylic acid groups (broad SMARTS) is 1. The first kappa shape index (κ1) is 16.3. The molecule has 1 aromatic rings. The van der Waals surface area contributed by atoms with Gasteiger partial charge in [0.15, 0.2) is 0 Å². The van der Waals surface area contributed by atoms with Crippen molar-refractivity contribution in [2.24, 2.45) is 0 Å². The Balaban J connectivity index is 2.85. The van der Waals surface area contributed by atoms with Crippen molar-refractivity contribution < 1.29 is 24.2 Å². The summed E-state index contributed by atoms with van der Waals surface area (Å²) >= 11 is 11.5. The van der Waals surface area contributed by atoms with Gasteiger partial charge in [0, 0.05) is 5.02 Å². The number of carbonyl (C=O) groups is 3. The molecule has 0 aliphatic carbocycles. The predicted octanol–water partition coefficient (Wildman–Crippen LogP) is 1.74. The zero-order chi connectivity index (χ0) is 15.3. The SMILES string of the molecule is COC(=O)C[C@H](NC(=O)c1ccc(Cl)cc1Cl)C(=O)O. The maximum absolute atomic E-state index is 11.9. The molecule has 2 N–H and O–H groups in total. The molecule has 0 spiro atoms. The van der Waals surface area contributed by atoms with Gasteiger partial charge in [0.05, 0.1) is 24.1 Å². The monoisotopic (exact) mass is 319 g/mol. The lowest BCUT2D eigenvalue weighted by Crippen LogP contribution is -2.42. The Hall–Kier alpha value is -1.79. The highest BCUT2D eigenvalue weighted by molar-refractivity contribution is 6.36. The molecule has 0 fully saturated rings. The number of esters is 1. The third-order valence-electron chi connectivity index (χ3n) is 2.38. The summed E-state index contributed by atoms with van der Waals surface area (Å²) in [6.07, 6.45) is -0.483. The quantitative estimate of drug-likeness (QED) is 0.806. The molecule has 0 unspecified atom stereocenters. The van der Waals surface area contributed by atoms with Gasteiger partial charge in [-0.15, -0.1) is 0 Å². The van der Waals surface area contributed by atoms with Gasteiger partial charge in [0.1, 0.15) is 6.04 Å². The van der Waals surface area contributed by atoms with Crippen molar-refractivity contribution in [2.75, 3.05) is 7.11 Å². The number of rotatable bonds is 5. The topological polar surface area (TPSA) is 92.7 Å². The van der Waals surface area contributed by atoms with Crippen LogP contribution >= 0.6 is 23.2 Å². The molecule has 8 heteroatoms. The molecule has 6 nitrogen and oxygen atoms in total. The van der Waals surface area contributed by atoms with Gasteiger partial charge in [-0.25, -0.2) is 4.79 Å². The normalized spacial score (nSPS) is 11.6. The fraction of sp³-hybridized carbons (Fsp3) is 0.250. The molecule has 1 atom stereocenters. The molecule has 0 saturated heterocycles. The predicted molar refractivity (Wildman–Crippen MR) is 72.0 cm³/mol. The summed E-state index contributed by atoms with van der Waals surface area (Å²) in [5.74, 6) is -2.82.